The number of nitrogens with zero attached hydrogens (tertiary/aromatic N) is 1. The molecule has 1 aromatic carbocycles. The fourth-order valence-electron chi connectivity index (χ4n) is 2.44. The molecule has 20 heavy (non-hydrogen) atoms. The molecule has 0 saturated carbocycles. The summed E-state index contributed by atoms with van der Waals surface area (Å²) in [6.07, 6.45) is 1.67. The van der Waals surface area contributed by atoms with Crippen molar-refractivity contribution in [3.63, 3.8) is 0 Å². The number of carbonyl (C=O) groups excluding carboxylic acids is 2. The predicted molar refractivity (Wildman–Crippen MR) is 75.2 cm³/mol. The van der Waals surface area contributed by atoms with Crippen LogP contribution in [0.15, 0.2) is 30.3 Å². The molecule has 5 heteroatoms. The molecule has 0 spiro atoms. The minimum absolute atomic E-state index is 0.0274. The Morgan fingerprint density at radius 1 is 1.30 bits per heavy atom. The van der Waals surface area contributed by atoms with E-state index in [-0.39, 0.29) is 25.0 Å². The number of aliphatic hydroxyl groups excluding tert-OH is 1. The molecule has 2 amide bonds. The van der Waals surface area contributed by atoms with Crippen LogP contribution in [0.4, 0.5) is 0 Å². The van der Waals surface area contributed by atoms with Gasteiger partial charge in [-0.1, -0.05) is 18.2 Å². The Morgan fingerprint density at radius 3 is 2.75 bits per heavy atom. The molecule has 1 unspecified atom stereocenters. The first-order chi connectivity index (χ1) is 9.70. The molecular formula is C15H20N2O3. The number of amides is 2. The lowest BCUT2D eigenvalue weighted by molar-refractivity contribution is -0.129. The van der Waals surface area contributed by atoms with Gasteiger partial charge in [0.2, 0.25) is 5.91 Å². The third-order valence-corrected chi connectivity index (χ3v) is 3.61. The molecule has 0 bridgehead atoms. The van der Waals surface area contributed by atoms with Gasteiger partial charge in [0.25, 0.3) is 5.91 Å². The molecule has 0 radical (unpaired) electrons. The smallest absolute Gasteiger partial charge is 0.251 e. The minimum Gasteiger partial charge on any atom is -0.396 e. The molecule has 1 saturated heterocycles. The molecule has 1 fully saturated rings. The van der Waals surface area contributed by atoms with Crippen molar-refractivity contribution < 1.29 is 14.7 Å². The summed E-state index contributed by atoms with van der Waals surface area (Å²) in [4.78, 5) is 25.6. The molecule has 0 aliphatic carbocycles. The second kappa shape index (κ2) is 7.05. The molecule has 2 N–H and O–H groups in total. The van der Waals surface area contributed by atoms with Gasteiger partial charge in [0.15, 0.2) is 0 Å². The van der Waals surface area contributed by atoms with E-state index in [2.05, 4.69) is 5.32 Å². The number of rotatable bonds is 5. The van der Waals surface area contributed by atoms with Crippen molar-refractivity contribution in [2.24, 2.45) is 5.92 Å². The van der Waals surface area contributed by atoms with Gasteiger partial charge in [0, 0.05) is 25.3 Å². The molecule has 1 aliphatic heterocycles. The molecule has 0 aromatic heterocycles. The summed E-state index contributed by atoms with van der Waals surface area (Å²) in [7, 11) is 0. The van der Waals surface area contributed by atoms with Crippen LogP contribution in [-0.2, 0) is 4.79 Å². The molecule has 5 nitrogen and oxygen atoms in total. The second-order valence-electron chi connectivity index (χ2n) is 5.06. The van der Waals surface area contributed by atoms with Crippen LogP contribution < -0.4 is 5.32 Å². The van der Waals surface area contributed by atoms with Crippen molar-refractivity contribution in [2.75, 3.05) is 26.2 Å². The Labute approximate surface area is 118 Å². The van der Waals surface area contributed by atoms with Crippen LogP contribution in [0, 0.1) is 5.92 Å². The normalized spacial score (nSPS) is 18.1. The van der Waals surface area contributed by atoms with Gasteiger partial charge < -0.3 is 15.3 Å². The Hall–Kier alpha value is -1.88. The Kier molecular flexibility index (Phi) is 5.12. The molecule has 2 rings (SSSR count). The number of likely N-dealkylation sites (tertiary alicyclic amines) is 1. The van der Waals surface area contributed by atoms with Crippen molar-refractivity contribution in [3.8, 4) is 0 Å². The first-order valence-electron chi connectivity index (χ1n) is 6.92. The van der Waals surface area contributed by atoms with Crippen LogP contribution in [0.3, 0.4) is 0 Å². The summed E-state index contributed by atoms with van der Waals surface area (Å²) >= 11 is 0. The van der Waals surface area contributed by atoms with Crippen LogP contribution in [0.1, 0.15) is 23.2 Å². The molecular weight excluding hydrogens is 256 g/mol. The average Bonchev–Trinajstić information content (AvgIpc) is 2.94. The Morgan fingerprint density at radius 2 is 2.05 bits per heavy atom. The van der Waals surface area contributed by atoms with E-state index in [1.54, 1.807) is 29.2 Å². The average molecular weight is 276 g/mol. The first kappa shape index (κ1) is 14.5. The number of benzene rings is 1. The second-order valence-corrected chi connectivity index (χ2v) is 5.06. The molecule has 1 aromatic rings. The van der Waals surface area contributed by atoms with Crippen molar-refractivity contribution in [1.29, 1.82) is 0 Å². The van der Waals surface area contributed by atoms with Crippen LogP contribution in [0.5, 0.6) is 0 Å². The van der Waals surface area contributed by atoms with Crippen molar-refractivity contribution in [1.82, 2.24) is 10.2 Å². The highest BCUT2D eigenvalue weighted by molar-refractivity contribution is 5.96. The van der Waals surface area contributed by atoms with Gasteiger partial charge in [0.1, 0.15) is 0 Å². The third kappa shape index (κ3) is 3.81. The van der Waals surface area contributed by atoms with Crippen LogP contribution in [-0.4, -0.2) is 48.1 Å². The predicted octanol–water partition coefficient (Wildman–Crippen LogP) is 0.647. The number of hydrogen-bond acceptors (Lipinski definition) is 3. The quantitative estimate of drug-likeness (QED) is 0.829. The van der Waals surface area contributed by atoms with E-state index in [1.807, 2.05) is 6.07 Å². The molecule has 1 heterocycles. The fraction of sp³-hybridized carbons (Fsp3) is 0.467. The summed E-state index contributed by atoms with van der Waals surface area (Å²) in [5.74, 6) is 0.0913. The molecule has 1 atom stereocenters. The zero-order valence-electron chi connectivity index (χ0n) is 11.4. The fourth-order valence-corrected chi connectivity index (χ4v) is 2.44. The van der Waals surface area contributed by atoms with Gasteiger partial charge in [-0.3, -0.25) is 9.59 Å². The van der Waals surface area contributed by atoms with Crippen LogP contribution >= 0.6 is 0 Å². The van der Waals surface area contributed by atoms with Gasteiger partial charge in [-0.25, -0.2) is 0 Å². The van der Waals surface area contributed by atoms with Crippen molar-refractivity contribution >= 4 is 11.8 Å². The minimum atomic E-state index is -0.231. The number of hydrogen-bond donors (Lipinski definition) is 2. The largest absolute Gasteiger partial charge is 0.396 e. The van der Waals surface area contributed by atoms with Crippen molar-refractivity contribution in [2.45, 2.75) is 12.8 Å². The highest BCUT2D eigenvalue weighted by atomic mass is 16.3. The van der Waals surface area contributed by atoms with Gasteiger partial charge in [-0.05, 0) is 30.9 Å². The van der Waals surface area contributed by atoms with E-state index in [0.717, 1.165) is 12.8 Å². The van der Waals surface area contributed by atoms with Crippen LogP contribution in [0.25, 0.3) is 0 Å². The zero-order chi connectivity index (χ0) is 14.4. The van der Waals surface area contributed by atoms with Gasteiger partial charge >= 0.3 is 0 Å². The topological polar surface area (TPSA) is 69.6 Å². The monoisotopic (exact) mass is 276 g/mol. The lowest BCUT2D eigenvalue weighted by Gasteiger charge is -2.16. The highest BCUT2D eigenvalue weighted by Gasteiger charge is 2.25. The SMILES string of the molecule is O=C(NCC(=O)N1CCC(CCO)C1)c1ccccc1. The lowest BCUT2D eigenvalue weighted by atomic mass is 10.1. The highest BCUT2D eigenvalue weighted by Crippen LogP contribution is 2.18. The van der Waals surface area contributed by atoms with E-state index >= 15 is 0 Å². The third-order valence-electron chi connectivity index (χ3n) is 3.61. The number of aliphatic hydroxyl groups is 1. The maximum atomic E-state index is 12.0. The molecule has 1 aliphatic rings. The maximum Gasteiger partial charge on any atom is 0.251 e. The number of nitrogens with one attached hydrogen (secondary N) is 1. The Bertz CT molecular complexity index is 461. The number of carbonyl (C=O) groups is 2. The van der Waals surface area contributed by atoms with Crippen molar-refractivity contribution in [3.05, 3.63) is 35.9 Å². The first-order valence-corrected chi connectivity index (χ1v) is 6.92. The van der Waals surface area contributed by atoms with Crippen LogP contribution in [0.2, 0.25) is 0 Å². The van der Waals surface area contributed by atoms with E-state index < -0.39 is 0 Å². The lowest BCUT2D eigenvalue weighted by Crippen LogP contribution is -2.39. The van der Waals surface area contributed by atoms with E-state index in [4.69, 9.17) is 5.11 Å². The summed E-state index contributed by atoms with van der Waals surface area (Å²) in [6, 6.07) is 8.85. The van der Waals surface area contributed by atoms with Gasteiger partial charge in [-0.15, -0.1) is 0 Å². The summed E-state index contributed by atoms with van der Waals surface area (Å²) in [6.45, 7) is 1.59. The molecule has 108 valence electrons. The maximum absolute atomic E-state index is 12.0. The summed E-state index contributed by atoms with van der Waals surface area (Å²) < 4.78 is 0. The van der Waals surface area contributed by atoms with E-state index in [0.29, 0.717) is 24.6 Å². The zero-order valence-corrected chi connectivity index (χ0v) is 11.4. The summed E-state index contributed by atoms with van der Waals surface area (Å²) in [5, 5.41) is 11.5. The summed E-state index contributed by atoms with van der Waals surface area (Å²) in [5.41, 5.74) is 0.555. The van der Waals surface area contributed by atoms with E-state index in [9.17, 15) is 9.59 Å². The van der Waals surface area contributed by atoms with Gasteiger partial charge in [-0.2, -0.15) is 0 Å². The standard InChI is InChI=1S/C15H20N2O3/c18-9-7-12-6-8-17(11-12)14(19)10-16-15(20)13-4-2-1-3-5-13/h1-5,12,18H,6-11H2,(H,16,20). The Balaban J connectivity index is 1.77. The van der Waals surface area contributed by atoms with Gasteiger partial charge in [0.05, 0.1) is 6.54 Å². The van der Waals surface area contributed by atoms with E-state index in [1.165, 1.54) is 0 Å².